The number of Topliss-reactive ketones (excluding diaryl/α,β-unsaturated/α-hetero) is 1. The van der Waals surface area contributed by atoms with Crippen molar-refractivity contribution in [2.24, 2.45) is 23.5 Å². The van der Waals surface area contributed by atoms with Gasteiger partial charge in [-0.25, -0.2) is 9.50 Å². The summed E-state index contributed by atoms with van der Waals surface area (Å²) in [7, 11) is 0. The summed E-state index contributed by atoms with van der Waals surface area (Å²) in [5.74, 6) is 1.29. The van der Waals surface area contributed by atoms with Gasteiger partial charge < -0.3 is 16.4 Å². The number of aromatic nitrogens is 3. The first-order valence-electron chi connectivity index (χ1n) is 16.3. The van der Waals surface area contributed by atoms with Crippen LogP contribution in [0.25, 0.3) is 16.8 Å². The lowest BCUT2D eigenvalue weighted by Gasteiger charge is -2.27. The maximum Gasteiger partial charge on any atom is 0.228 e. The number of pyridine rings is 1. The van der Waals surface area contributed by atoms with Crippen LogP contribution in [0.1, 0.15) is 73.4 Å². The number of aryl methyl sites for hydroxylation is 1. The number of benzene rings is 2. The van der Waals surface area contributed by atoms with E-state index in [1.807, 2.05) is 22.8 Å². The number of rotatable bonds is 10. The minimum Gasteiger partial charge on any atom is -0.330 e. The molecule has 0 spiro atoms. The molecule has 2 amide bonds. The summed E-state index contributed by atoms with van der Waals surface area (Å²) in [4.78, 5) is 43.8. The summed E-state index contributed by atoms with van der Waals surface area (Å²) in [6, 6.07) is 15.8. The summed E-state index contributed by atoms with van der Waals surface area (Å²) in [6.45, 7) is 2.75. The molecule has 4 aromatic rings. The Bertz CT molecular complexity index is 1770. The van der Waals surface area contributed by atoms with Crippen LogP contribution in [0.5, 0.6) is 0 Å². The van der Waals surface area contributed by atoms with Crippen molar-refractivity contribution in [1.82, 2.24) is 14.6 Å². The fraction of sp³-hybridized carbons (Fsp3) is 0.417. The van der Waals surface area contributed by atoms with Gasteiger partial charge in [0.25, 0.3) is 0 Å². The van der Waals surface area contributed by atoms with E-state index in [4.69, 9.17) is 15.8 Å². The second-order valence-corrected chi connectivity index (χ2v) is 13.2. The first-order valence-corrected chi connectivity index (χ1v) is 16.3. The summed E-state index contributed by atoms with van der Waals surface area (Å²) < 4.78 is 1.88. The predicted molar refractivity (Wildman–Crippen MR) is 174 cm³/mol. The largest absolute Gasteiger partial charge is 0.330 e. The third-order valence-electron chi connectivity index (χ3n) is 9.84. The van der Waals surface area contributed by atoms with Gasteiger partial charge in [-0.3, -0.25) is 14.4 Å². The van der Waals surface area contributed by atoms with Crippen molar-refractivity contribution in [3.8, 4) is 11.1 Å². The first-order chi connectivity index (χ1) is 21.8. The van der Waals surface area contributed by atoms with Crippen molar-refractivity contribution >= 4 is 34.6 Å². The SMILES string of the molecule is Cc1cc2nc(C3CC3)nn2cc1-c1ccc(C[C@H](CC(=O)C2CCC(CN)CC2)C(=O)Nc2ccc3c(c2)NC(=O)C3)cc1. The molecule has 2 aromatic heterocycles. The molecular formula is C36H40N6O3. The molecule has 3 aliphatic rings. The zero-order valence-corrected chi connectivity index (χ0v) is 25.7. The minimum absolute atomic E-state index is 0.0178. The van der Waals surface area contributed by atoms with Gasteiger partial charge in [0.15, 0.2) is 11.5 Å². The van der Waals surface area contributed by atoms with Gasteiger partial charge >= 0.3 is 0 Å². The Morgan fingerprint density at radius 3 is 2.56 bits per heavy atom. The molecule has 2 fully saturated rings. The minimum atomic E-state index is -0.521. The van der Waals surface area contributed by atoms with Gasteiger partial charge in [0, 0.05) is 47.3 Å². The Balaban J connectivity index is 1.09. The molecule has 2 aliphatic carbocycles. The number of ketones is 1. The lowest BCUT2D eigenvalue weighted by molar-refractivity contribution is -0.129. The number of anilines is 2. The average molecular weight is 605 g/mol. The van der Waals surface area contributed by atoms with Crippen LogP contribution in [-0.4, -0.2) is 38.7 Å². The van der Waals surface area contributed by atoms with E-state index < -0.39 is 5.92 Å². The van der Waals surface area contributed by atoms with Gasteiger partial charge in [-0.2, -0.15) is 5.10 Å². The summed E-state index contributed by atoms with van der Waals surface area (Å²) in [5.41, 5.74) is 13.3. The molecule has 0 radical (unpaired) electrons. The van der Waals surface area contributed by atoms with Gasteiger partial charge in [-0.1, -0.05) is 30.3 Å². The van der Waals surface area contributed by atoms with Crippen LogP contribution in [-0.2, 0) is 27.2 Å². The lowest BCUT2D eigenvalue weighted by atomic mass is 9.77. The van der Waals surface area contributed by atoms with Crippen LogP contribution in [0.3, 0.4) is 0 Å². The number of carbonyl (C=O) groups excluding carboxylic acids is 3. The highest BCUT2D eigenvalue weighted by Gasteiger charge is 2.31. The fourth-order valence-electron chi connectivity index (χ4n) is 6.89. The number of hydrogen-bond donors (Lipinski definition) is 3. The molecule has 1 aliphatic heterocycles. The molecular weight excluding hydrogens is 564 g/mol. The summed E-state index contributed by atoms with van der Waals surface area (Å²) in [6.07, 6.45) is 8.97. The standard InChI is InChI=1S/C36H40N6O3/c1-21-14-33-40-35(26-10-11-26)41-42(33)20-30(21)24-6-2-22(3-7-24)15-28(16-32(43)25-8-4-23(19-37)5-9-25)36(45)38-29-13-12-27-17-34(44)39-31(27)18-29/h2-3,6-7,12-14,18,20,23,25-26,28H,4-5,8-11,15-17,19,37H2,1H3,(H,38,45)(H,39,44)/t23?,25?,28-/m1/s1. The Morgan fingerprint density at radius 1 is 1.04 bits per heavy atom. The van der Waals surface area contributed by atoms with Crippen LogP contribution < -0.4 is 16.4 Å². The third kappa shape index (κ3) is 6.40. The summed E-state index contributed by atoms with van der Waals surface area (Å²) in [5, 5.41) is 10.6. The number of amides is 2. The van der Waals surface area contributed by atoms with Gasteiger partial charge in [0.2, 0.25) is 11.8 Å². The number of nitrogens with zero attached hydrogens (tertiary/aromatic N) is 3. The zero-order valence-electron chi connectivity index (χ0n) is 25.7. The quantitative estimate of drug-likeness (QED) is 0.216. The number of nitrogens with two attached hydrogens (primary N) is 1. The molecule has 45 heavy (non-hydrogen) atoms. The van der Waals surface area contributed by atoms with Crippen molar-refractivity contribution in [3.05, 3.63) is 77.2 Å². The molecule has 0 saturated heterocycles. The number of fused-ring (bicyclic) bond motifs is 2. The Hall–Kier alpha value is -4.37. The molecule has 232 valence electrons. The molecule has 0 unspecified atom stereocenters. The van der Waals surface area contributed by atoms with Crippen LogP contribution in [0.4, 0.5) is 11.4 Å². The van der Waals surface area contributed by atoms with Crippen LogP contribution in [0.15, 0.2) is 54.7 Å². The molecule has 7 rings (SSSR count). The number of hydrogen-bond acceptors (Lipinski definition) is 6. The highest BCUT2D eigenvalue weighted by atomic mass is 16.2. The monoisotopic (exact) mass is 604 g/mol. The van der Waals surface area contributed by atoms with Gasteiger partial charge in [-0.05, 0) is 105 Å². The van der Waals surface area contributed by atoms with E-state index in [-0.39, 0.29) is 29.9 Å². The van der Waals surface area contributed by atoms with E-state index in [1.165, 1.54) is 0 Å². The Labute approximate surface area is 263 Å². The van der Waals surface area contributed by atoms with Gasteiger partial charge in [0.05, 0.1) is 6.42 Å². The lowest BCUT2D eigenvalue weighted by Crippen LogP contribution is -2.31. The van der Waals surface area contributed by atoms with Crippen molar-refractivity contribution < 1.29 is 14.4 Å². The maximum absolute atomic E-state index is 13.7. The molecule has 9 heteroatoms. The first kappa shape index (κ1) is 29.3. The molecule has 0 bridgehead atoms. The van der Waals surface area contributed by atoms with Crippen molar-refractivity contribution in [2.45, 2.75) is 70.6 Å². The smallest absolute Gasteiger partial charge is 0.228 e. The Morgan fingerprint density at radius 2 is 1.82 bits per heavy atom. The number of nitrogens with one attached hydrogen (secondary N) is 2. The van der Waals surface area contributed by atoms with Crippen LogP contribution >= 0.6 is 0 Å². The van der Waals surface area contributed by atoms with Crippen molar-refractivity contribution in [3.63, 3.8) is 0 Å². The maximum atomic E-state index is 13.7. The van der Waals surface area contributed by atoms with E-state index in [0.717, 1.165) is 83.5 Å². The molecule has 2 aromatic carbocycles. The second kappa shape index (κ2) is 12.2. The van der Waals surface area contributed by atoms with Crippen LogP contribution in [0, 0.1) is 24.7 Å². The van der Waals surface area contributed by atoms with Gasteiger partial charge in [0.1, 0.15) is 5.78 Å². The second-order valence-electron chi connectivity index (χ2n) is 13.2. The number of carbonyl (C=O) groups is 3. The Kier molecular flexibility index (Phi) is 7.95. The molecule has 3 heterocycles. The highest BCUT2D eigenvalue weighted by molar-refractivity contribution is 6.01. The molecule has 1 atom stereocenters. The average Bonchev–Trinajstić information content (AvgIpc) is 3.71. The van der Waals surface area contributed by atoms with E-state index in [1.54, 1.807) is 6.07 Å². The third-order valence-corrected chi connectivity index (χ3v) is 9.84. The topological polar surface area (TPSA) is 131 Å². The van der Waals surface area contributed by atoms with Crippen molar-refractivity contribution in [1.29, 1.82) is 0 Å². The van der Waals surface area contributed by atoms with E-state index in [2.05, 4.69) is 47.9 Å². The molecule has 9 nitrogen and oxygen atoms in total. The van der Waals surface area contributed by atoms with Crippen LogP contribution in [0.2, 0.25) is 0 Å². The fourth-order valence-corrected chi connectivity index (χ4v) is 6.89. The molecule has 4 N–H and O–H groups in total. The normalized spacial score (nSPS) is 20.1. The van der Waals surface area contributed by atoms with E-state index >= 15 is 0 Å². The van der Waals surface area contributed by atoms with Crippen molar-refractivity contribution in [2.75, 3.05) is 17.2 Å². The summed E-state index contributed by atoms with van der Waals surface area (Å²) >= 11 is 0. The van der Waals surface area contributed by atoms with E-state index in [9.17, 15) is 14.4 Å². The molecule has 2 saturated carbocycles. The van der Waals surface area contributed by atoms with Gasteiger partial charge in [-0.15, -0.1) is 0 Å². The highest BCUT2D eigenvalue weighted by Crippen LogP contribution is 2.38. The predicted octanol–water partition coefficient (Wildman–Crippen LogP) is 5.60. The zero-order chi connectivity index (χ0) is 31.1. The van der Waals surface area contributed by atoms with E-state index in [0.29, 0.717) is 36.9 Å².